The van der Waals surface area contributed by atoms with Crippen molar-refractivity contribution in [2.24, 2.45) is 50.1 Å². The van der Waals surface area contributed by atoms with Gasteiger partial charge in [0, 0.05) is 32.5 Å². The molecule has 0 aliphatic carbocycles. The molecule has 0 aromatic heterocycles. The van der Waals surface area contributed by atoms with E-state index < -0.39 is 145 Å². The Bertz CT molecular complexity index is 2300. The minimum Gasteiger partial charge on any atom is -0.481 e. The number of carboxylic acid groups (broad SMARTS) is 2. The van der Waals surface area contributed by atoms with Crippen LogP contribution in [0.5, 0.6) is 0 Å². The maximum Gasteiger partial charge on any atom is 0.326 e. The first-order valence-corrected chi connectivity index (χ1v) is 23.7. The van der Waals surface area contributed by atoms with Gasteiger partial charge in [-0.1, -0.05) is 30.3 Å². The number of hydrogen-bond donors (Lipinski definition) is 17. The van der Waals surface area contributed by atoms with E-state index in [1.54, 1.807) is 30.3 Å². The molecule has 420 valence electrons. The molecule has 0 saturated carbocycles. The van der Waals surface area contributed by atoms with Crippen LogP contribution in [0.15, 0.2) is 40.3 Å². The van der Waals surface area contributed by atoms with E-state index in [4.69, 9.17) is 40.1 Å². The number of benzene rings is 1. The van der Waals surface area contributed by atoms with Crippen LogP contribution < -0.4 is 77.4 Å². The van der Waals surface area contributed by atoms with E-state index in [1.807, 2.05) is 0 Å². The molecule has 0 unspecified atom stereocenters. The fourth-order valence-electron chi connectivity index (χ4n) is 7.37. The van der Waals surface area contributed by atoms with Gasteiger partial charge in [-0.05, 0) is 50.5 Å². The fourth-order valence-corrected chi connectivity index (χ4v) is 7.37. The molecule has 1 fully saturated rings. The molecule has 1 saturated heterocycles. The number of amides is 10. The lowest BCUT2D eigenvalue weighted by atomic mass is 10.0. The number of likely N-dealkylation sites (tertiary alicyclic amines) is 1. The van der Waals surface area contributed by atoms with Gasteiger partial charge in [-0.3, -0.25) is 62.7 Å². The average molecular weight is 1080 g/mol. The van der Waals surface area contributed by atoms with Crippen LogP contribution in [0.3, 0.4) is 0 Å². The number of carbonyl (C=O) groups excluding carboxylic acids is 10. The monoisotopic (exact) mass is 1080 g/mol. The maximum absolute atomic E-state index is 14.2. The predicted octanol–water partition coefficient (Wildman–Crippen LogP) is -8.63. The highest BCUT2D eigenvalue weighted by molar-refractivity contribution is 5.99. The molecule has 1 aromatic rings. The smallest absolute Gasteiger partial charge is 0.326 e. The number of nitrogens with two attached hydrogens (primary N) is 7. The number of rotatable bonds is 34. The summed E-state index contributed by atoms with van der Waals surface area (Å²) >= 11 is 0. The Morgan fingerprint density at radius 3 is 1.57 bits per heavy atom. The van der Waals surface area contributed by atoms with Gasteiger partial charge in [-0.15, -0.1) is 0 Å². The number of aliphatic carboxylic acids is 2. The van der Waals surface area contributed by atoms with Crippen molar-refractivity contribution in [2.75, 3.05) is 32.8 Å². The zero-order valence-electron chi connectivity index (χ0n) is 41.4. The minimum atomic E-state index is -2.00. The number of primary amides is 2. The van der Waals surface area contributed by atoms with Crippen molar-refractivity contribution in [3.63, 3.8) is 0 Å². The first-order chi connectivity index (χ1) is 35.8. The second-order valence-corrected chi connectivity index (χ2v) is 17.3. The number of carbonyl (C=O) groups is 12. The largest absolute Gasteiger partial charge is 0.481 e. The molecule has 32 heteroatoms. The predicted molar refractivity (Wildman–Crippen MR) is 266 cm³/mol. The summed E-state index contributed by atoms with van der Waals surface area (Å²) in [6, 6.07) is -4.97. The number of nitrogens with zero attached hydrogens (tertiary/aromatic N) is 3. The van der Waals surface area contributed by atoms with Crippen molar-refractivity contribution in [1.82, 2.24) is 42.1 Å². The summed E-state index contributed by atoms with van der Waals surface area (Å²) < 4.78 is 0. The van der Waals surface area contributed by atoms with Crippen LogP contribution in [0.2, 0.25) is 0 Å². The Morgan fingerprint density at radius 2 is 1.07 bits per heavy atom. The van der Waals surface area contributed by atoms with Gasteiger partial charge in [0.25, 0.3) is 0 Å². The van der Waals surface area contributed by atoms with Crippen LogP contribution in [0, 0.1) is 0 Å². The second kappa shape index (κ2) is 32.5. The Morgan fingerprint density at radius 1 is 0.592 bits per heavy atom. The van der Waals surface area contributed by atoms with E-state index in [-0.39, 0.29) is 82.9 Å². The minimum absolute atomic E-state index is 0.0175. The molecule has 0 bridgehead atoms. The van der Waals surface area contributed by atoms with Gasteiger partial charge in [0.2, 0.25) is 59.1 Å². The quantitative estimate of drug-likeness (QED) is 0.0173. The number of aliphatic hydroxyl groups is 1. The summed E-state index contributed by atoms with van der Waals surface area (Å²) in [6.45, 7) is -1.68. The third kappa shape index (κ3) is 23.5. The third-order valence-corrected chi connectivity index (χ3v) is 11.2. The van der Waals surface area contributed by atoms with Gasteiger partial charge in [0.05, 0.1) is 32.0 Å². The molecule has 1 heterocycles. The fraction of sp³-hybridized carbons (Fsp3) is 0.545. The van der Waals surface area contributed by atoms with Gasteiger partial charge >= 0.3 is 11.9 Å². The van der Waals surface area contributed by atoms with Crippen molar-refractivity contribution in [3.8, 4) is 0 Å². The lowest BCUT2D eigenvalue weighted by molar-refractivity contribution is -0.148. The van der Waals surface area contributed by atoms with Crippen LogP contribution in [0.4, 0.5) is 0 Å². The van der Waals surface area contributed by atoms with Crippen molar-refractivity contribution in [2.45, 2.75) is 119 Å². The average Bonchev–Trinajstić information content (AvgIpc) is 3.86. The van der Waals surface area contributed by atoms with Crippen LogP contribution >= 0.6 is 0 Å². The third-order valence-electron chi connectivity index (χ3n) is 11.2. The maximum atomic E-state index is 14.2. The van der Waals surface area contributed by atoms with Gasteiger partial charge in [-0.2, -0.15) is 0 Å². The van der Waals surface area contributed by atoms with Crippen molar-refractivity contribution >= 4 is 82.9 Å². The zero-order chi connectivity index (χ0) is 57.1. The number of nitrogens with one attached hydrogen (secondary N) is 7. The Kier molecular flexibility index (Phi) is 27.1. The van der Waals surface area contributed by atoms with E-state index in [2.05, 4.69) is 47.2 Å². The van der Waals surface area contributed by atoms with Gasteiger partial charge in [-0.25, -0.2) is 4.79 Å². The number of aliphatic imine (C=N–C) groups is 2. The van der Waals surface area contributed by atoms with Crippen LogP contribution in [-0.2, 0) is 64.0 Å². The van der Waals surface area contributed by atoms with E-state index in [0.29, 0.717) is 12.0 Å². The molecule has 24 N–H and O–H groups in total. The topological polar surface area (TPSA) is 560 Å². The number of carboxylic acids is 2. The Hall–Kier alpha value is -8.68. The molecular weight excluding hydrogens is 1010 g/mol. The highest BCUT2D eigenvalue weighted by atomic mass is 16.4. The lowest BCUT2D eigenvalue weighted by Gasteiger charge is -2.27. The standard InChI is InChI=1S/C44H69N17O15/c45-23(12-13-31(46)63)35(68)60-29(21-62)41(74)56-25(10-5-15-53-44(50)51)37(70)59-28(19-34(66)67)40(73)57-26(17-22-7-2-1-3-8-22)38(71)58-27(18-32(47)64)39(72)55-24(9-4-14-52-43(48)49)36(69)54-20-33(65)61-16-6-11-30(61)42(75)76/h1-3,7-8,23-30,62H,4-6,9-21,45H2,(H2,46,63)(H2,47,64)(H,54,69)(H,55,72)(H,56,74)(H,57,73)(H,58,71)(H,59,70)(H,60,68)(H,66,67)(H,75,76)(H4,48,49,52)(H4,50,51,53)/t23-,24-,25-,26-,27-,28-,29-,30-/m0/s1. The molecule has 0 spiro atoms. The van der Waals surface area contributed by atoms with Gasteiger partial charge in [0.1, 0.15) is 42.3 Å². The van der Waals surface area contributed by atoms with E-state index in [9.17, 15) is 72.9 Å². The molecule has 8 atom stereocenters. The zero-order valence-corrected chi connectivity index (χ0v) is 41.4. The molecule has 1 aliphatic rings. The highest BCUT2D eigenvalue weighted by Gasteiger charge is 2.37. The first-order valence-electron chi connectivity index (χ1n) is 23.7. The molecule has 2 rings (SSSR count). The van der Waals surface area contributed by atoms with E-state index in [0.717, 1.165) is 4.90 Å². The van der Waals surface area contributed by atoms with Crippen LogP contribution in [-0.4, -0.2) is 184 Å². The molecule has 76 heavy (non-hydrogen) atoms. The number of guanidine groups is 2. The molecule has 10 amide bonds. The summed E-state index contributed by atoms with van der Waals surface area (Å²) in [5.74, 6) is -13.9. The van der Waals surface area contributed by atoms with Gasteiger partial charge < -0.3 is 97.6 Å². The Labute approximate surface area is 434 Å². The molecule has 32 nitrogen and oxygen atoms in total. The van der Waals surface area contributed by atoms with Gasteiger partial charge in [0.15, 0.2) is 11.9 Å². The van der Waals surface area contributed by atoms with E-state index in [1.165, 1.54) is 0 Å². The molecule has 1 aliphatic heterocycles. The van der Waals surface area contributed by atoms with Crippen LogP contribution in [0.1, 0.15) is 69.8 Å². The summed E-state index contributed by atoms with van der Waals surface area (Å²) in [5.41, 5.74) is 38.3. The normalized spacial score (nSPS) is 15.5. The summed E-state index contributed by atoms with van der Waals surface area (Å²) in [6.07, 6.45) is -2.67. The molecule has 1 aromatic carbocycles. The van der Waals surface area contributed by atoms with Crippen LogP contribution in [0.25, 0.3) is 0 Å². The van der Waals surface area contributed by atoms with Crippen molar-refractivity contribution < 1.29 is 72.9 Å². The number of hydrogen-bond acceptors (Lipinski definition) is 16. The molecular formula is C44H69N17O15. The second-order valence-electron chi connectivity index (χ2n) is 17.3. The SMILES string of the molecule is NC(=O)CC[C@H](N)C(=O)N[C@@H](CO)C(=O)N[C@@H](CCCN=C(N)N)C(=O)N[C@@H](CC(=O)O)C(=O)N[C@@H](Cc1ccccc1)C(=O)N[C@@H](CC(N)=O)C(=O)N[C@@H](CCCN=C(N)N)C(=O)NCC(=O)N1CCC[C@H]1C(=O)O. The highest BCUT2D eigenvalue weighted by Crippen LogP contribution is 2.17. The summed E-state index contributed by atoms with van der Waals surface area (Å²) in [4.78, 5) is 165. The lowest BCUT2D eigenvalue weighted by Crippen LogP contribution is -2.61. The van der Waals surface area contributed by atoms with E-state index >= 15 is 0 Å². The molecule has 0 radical (unpaired) electrons. The van der Waals surface area contributed by atoms with Crippen molar-refractivity contribution in [1.29, 1.82) is 0 Å². The summed E-state index contributed by atoms with van der Waals surface area (Å²) in [5, 5.41) is 45.5. The first kappa shape index (κ1) is 63.4. The van der Waals surface area contributed by atoms with Crippen molar-refractivity contribution in [3.05, 3.63) is 35.9 Å². The summed E-state index contributed by atoms with van der Waals surface area (Å²) in [7, 11) is 0. The number of aliphatic hydroxyl groups excluding tert-OH is 1. The Balaban J connectivity index is 2.44.